The minimum atomic E-state index is -0.721. The molecule has 1 rings (SSSR count). The zero-order chi connectivity index (χ0) is 13.8. The molecule has 0 aliphatic carbocycles. The second-order valence-corrected chi connectivity index (χ2v) is 6.58. The number of benzene rings is 1. The van der Waals surface area contributed by atoms with Crippen LogP contribution in [0.25, 0.3) is 0 Å². The van der Waals surface area contributed by atoms with Gasteiger partial charge in [-0.1, -0.05) is 13.8 Å². The maximum atomic E-state index is 11.6. The summed E-state index contributed by atoms with van der Waals surface area (Å²) < 4.78 is 4.76. The summed E-state index contributed by atoms with van der Waals surface area (Å²) in [5, 5.41) is 3.73. The standard InChI is InChI=1S/C14H21NO2S/c1-10(2)18-12-8-6-11(7-9-12)15-14(3,4)13(16)17-5/h6-10,15H,1-5H3. The van der Waals surface area contributed by atoms with Crippen molar-refractivity contribution in [1.29, 1.82) is 0 Å². The molecule has 3 nitrogen and oxygen atoms in total. The van der Waals surface area contributed by atoms with E-state index in [1.165, 1.54) is 12.0 Å². The lowest BCUT2D eigenvalue weighted by molar-refractivity contribution is -0.144. The first-order valence-electron chi connectivity index (χ1n) is 5.98. The van der Waals surface area contributed by atoms with Crippen LogP contribution in [-0.4, -0.2) is 23.9 Å². The topological polar surface area (TPSA) is 38.3 Å². The first kappa shape index (κ1) is 14.9. The number of hydrogen-bond acceptors (Lipinski definition) is 4. The molecule has 0 heterocycles. The molecule has 0 radical (unpaired) electrons. The molecule has 0 fully saturated rings. The largest absolute Gasteiger partial charge is 0.467 e. The van der Waals surface area contributed by atoms with E-state index in [2.05, 4.69) is 31.3 Å². The second-order valence-electron chi connectivity index (χ2n) is 4.93. The van der Waals surface area contributed by atoms with Gasteiger partial charge in [0.25, 0.3) is 0 Å². The number of carbonyl (C=O) groups excluding carboxylic acids is 1. The summed E-state index contributed by atoms with van der Waals surface area (Å²) in [6, 6.07) is 8.07. The van der Waals surface area contributed by atoms with Crippen LogP contribution in [0.5, 0.6) is 0 Å². The van der Waals surface area contributed by atoms with Crippen molar-refractivity contribution in [2.75, 3.05) is 12.4 Å². The molecule has 0 atom stereocenters. The normalized spacial score (nSPS) is 11.4. The maximum absolute atomic E-state index is 11.6. The van der Waals surface area contributed by atoms with E-state index in [9.17, 15) is 4.79 Å². The van der Waals surface area contributed by atoms with Crippen LogP contribution in [0.3, 0.4) is 0 Å². The monoisotopic (exact) mass is 267 g/mol. The number of methoxy groups -OCH3 is 1. The van der Waals surface area contributed by atoms with Gasteiger partial charge in [0.15, 0.2) is 0 Å². The van der Waals surface area contributed by atoms with Crippen molar-refractivity contribution in [3.05, 3.63) is 24.3 Å². The number of anilines is 1. The van der Waals surface area contributed by atoms with Gasteiger partial charge in [-0.15, -0.1) is 11.8 Å². The minimum Gasteiger partial charge on any atom is -0.467 e. The number of carbonyl (C=O) groups is 1. The molecule has 0 bridgehead atoms. The maximum Gasteiger partial charge on any atom is 0.330 e. The summed E-state index contributed by atoms with van der Waals surface area (Å²) in [4.78, 5) is 12.8. The van der Waals surface area contributed by atoms with E-state index in [4.69, 9.17) is 4.74 Å². The summed E-state index contributed by atoms with van der Waals surface area (Å²) >= 11 is 1.82. The Hall–Kier alpha value is -1.16. The lowest BCUT2D eigenvalue weighted by Crippen LogP contribution is -2.41. The highest BCUT2D eigenvalue weighted by Gasteiger charge is 2.28. The van der Waals surface area contributed by atoms with Crippen LogP contribution in [-0.2, 0) is 9.53 Å². The van der Waals surface area contributed by atoms with Gasteiger partial charge < -0.3 is 10.1 Å². The first-order valence-corrected chi connectivity index (χ1v) is 6.86. The number of hydrogen-bond donors (Lipinski definition) is 1. The molecule has 18 heavy (non-hydrogen) atoms. The summed E-state index contributed by atoms with van der Waals surface area (Å²) in [7, 11) is 1.40. The lowest BCUT2D eigenvalue weighted by atomic mass is 10.1. The Kier molecular flexibility index (Phi) is 5.08. The summed E-state index contributed by atoms with van der Waals surface area (Å²) in [5.41, 5.74) is 0.195. The lowest BCUT2D eigenvalue weighted by Gasteiger charge is -2.24. The van der Waals surface area contributed by atoms with Crippen molar-refractivity contribution in [1.82, 2.24) is 0 Å². The number of esters is 1. The third-order valence-corrected chi connectivity index (χ3v) is 3.39. The summed E-state index contributed by atoms with van der Waals surface area (Å²) in [6.07, 6.45) is 0. The van der Waals surface area contributed by atoms with Crippen molar-refractivity contribution in [2.45, 2.75) is 43.4 Å². The SMILES string of the molecule is COC(=O)C(C)(C)Nc1ccc(SC(C)C)cc1. The van der Waals surface area contributed by atoms with Gasteiger partial charge in [0.05, 0.1) is 7.11 Å². The van der Waals surface area contributed by atoms with Crippen molar-refractivity contribution in [2.24, 2.45) is 0 Å². The number of rotatable bonds is 5. The van der Waals surface area contributed by atoms with E-state index in [1.54, 1.807) is 13.8 Å². The smallest absolute Gasteiger partial charge is 0.330 e. The first-order chi connectivity index (χ1) is 8.35. The van der Waals surface area contributed by atoms with Crippen molar-refractivity contribution in [3.63, 3.8) is 0 Å². The van der Waals surface area contributed by atoms with E-state index < -0.39 is 5.54 Å². The second kappa shape index (κ2) is 6.14. The van der Waals surface area contributed by atoms with Gasteiger partial charge in [-0.05, 0) is 38.1 Å². The summed E-state index contributed by atoms with van der Waals surface area (Å²) in [6.45, 7) is 7.93. The Balaban J connectivity index is 2.72. The van der Waals surface area contributed by atoms with Crippen LogP contribution in [0.15, 0.2) is 29.2 Å². The van der Waals surface area contributed by atoms with Gasteiger partial charge in [-0.2, -0.15) is 0 Å². The molecular weight excluding hydrogens is 246 g/mol. The molecule has 0 aromatic heterocycles. The van der Waals surface area contributed by atoms with Gasteiger partial charge in [-0.3, -0.25) is 0 Å². The highest BCUT2D eigenvalue weighted by molar-refractivity contribution is 7.99. The highest BCUT2D eigenvalue weighted by Crippen LogP contribution is 2.25. The van der Waals surface area contributed by atoms with Gasteiger partial charge in [0.2, 0.25) is 0 Å². The van der Waals surface area contributed by atoms with Crippen LogP contribution < -0.4 is 5.32 Å². The highest BCUT2D eigenvalue weighted by atomic mass is 32.2. The molecule has 100 valence electrons. The molecule has 1 aromatic rings. The molecule has 0 saturated carbocycles. The quantitative estimate of drug-likeness (QED) is 0.654. The Morgan fingerprint density at radius 1 is 1.28 bits per heavy atom. The van der Waals surface area contributed by atoms with Gasteiger partial charge in [0.1, 0.15) is 5.54 Å². The van der Waals surface area contributed by atoms with Gasteiger partial charge in [-0.25, -0.2) is 4.79 Å². The number of ether oxygens (including phenoxy) is 1. The predicted octanol–water partition coefficient (Wildman–Crippen LogP) is 3.55. The van der Waals surface area contributed by atoms with E-state index >= 15 is 0 Å². The molecule has 0 unspecified atom stereocenters. The molecule has 1 aromatic carbocycles. The minimum absolute atomic E-state index is 0.275. The molecule has 0 aliphatic rings. The molecule has 0 amide bonds. The molecular formula is C14H21NO2S. The fourth-order valence-electron chi connectivity index (χ4n) is 1.56. The van der Waals surface area contributed by atoms with Crippen molar-refractivity contribution >= 4 is 23.4 Å². The van der Waals surface area contributed by atoms with Crippen LogP contribution in [0.4, 0.5) is 5.69 Å². The third kappa shape index (κ3) is 4.26. The van der Waals surface area contributed by atoms with Crippen LogP contribution >= 0.6 is 11.8 Å². The Labute approximate surface area is 113 Å². The average Bonchev–Trinajstić information content (AvgIpc) is 2.29. The fraction of sp³-hybridized carbons (Fsp3) is 0.500. The van der Waals surface area contributed by atoms with E-state index in [-0.39, 0.29) is 5.97 Å². The Morgan fingerprint density at radius 2 is 1.83 bits per heavy atom. The molecule has 0 spiro atoms. The zero-order valence-corrected chi connectivity index (χ0v) is 12.4. The van der Waals surface area contributed by atoms with Crippen LogP contribution in [0.1, 0.15) is 27.7 Å². The van der Waals surface area contributed by atoms with Crippen LogP contribution in [0.2, 0.25) is 0 Å². The average molecular weight is 267 g/mol. The molecule has 0 saturated heterocycles. The molecule has 4 heteroatoms. The molecule has 0 aliphatic heterocycles. The Bertz CT molecular complexity index is 399. The van der Waals surface area contributed by atoms with Gasteiger partial charge in [0, 0.05) is 15.8 Å². The van der Waals surface area contributed by atoms with Crippen molar-refractivity contribution in [3.8, 4) is 0 Å². The van der Waals surface area contributed by atoms with E-state index in [1.807, 2.05) is 23.9 Å². The zero-order valence-electron chi connectivity index (χ0n) is 11.6. The van der Waals surface area contributed by atoms with Crippen LogP contribution in [0, 0.1) is 0 Å². The fourth-order valence-corrected chi connectivity index (χ4v) is 2.39. The van der Waals surface area contributed by atoms with E-state index in [0.29, 0.717) is 5.25 Å². The van der Waals surface area contributed by atoms with Gasteiger partial charge >= 0.3 is 5.97 Å². The number of thioether (sulfide) groups is 1. The van der Waals surface area contributed by atoms with E-state index in [0.717, 1.165) is 5.69 Å². The summed E-state index contributed by atoms with van der Waals surface area (Å²) in [5.74, 6) is -0.275. The third-order valence-electron chi connectivity index (χ3n) is 2.38. The Morgan fingerprint density at radius 3 is 2.28 bits per heavy atom. The van der Waals surface area contributed by atoms with Crippen molar-refractivity contribution < 1.29 is 9.53 Å². The predicted molar refractivity (Wildman–Crippen MR) is 77.2 cm³/mol. The molecule has 1 N–H and O–H groups in total. The number of nitrogens with one attached hydrogen (secondary N) is 1.